The average molecular weight is 407 g/mol. The van der Waals surface area contributed by atoms with Gasteiger partial charge in [-0.2, -0.15) is 0 Å². The lowest BCUT2D eigenvalue weighted by Gasteiger charge is -2.17. The third-order valence-corrected chi connectivity index (χ3v) is 5.00. The van der Waals surface area contributed by atoms with Crippen molar-refractivity contribution in [3.63, 3.8) is 0 Å². The van der Waals surface area contributed by atoms with E-state index in [-0.39, 0.29) is 10.4 Å². The molecule has 2 aromatic heterocycles. The molecule has 10 nitrogen and oxygen atoms in total. The summed E-state index contributed by atoms with van der Waals surface area (Å²) in [6.07, 6.45) is -5.17. The molecule has 3 heterocycles. The average Bonchev–Trinajstić information content (AvgIpc) is 3.25. The molecule has 0 amide bonds. The van der Waals surface area contributed by atoms with Crippen LogP contribution in [0.5, 0.6) is 5.75 Å². The van der Waals surface area contributed by atoms with Gasteiger partial charge in [-0.15, -0.1) is 0 Å². The Labute approximate surface area is 162 Å². The van der Waals surface area contributed by atoms with E-state index in [0.717, 1.165) is 4.57 Å². The number of aliphatic hydroxyl groups excluding tert-OH is 3. The van der Waals surface area contributed by atoms with Gasteiger partial charge in [0.25, 0.3) is 0 Å². The molecule has 1 aromatic carbocycles. The topological polar surface area (TPSA) is 143 Å². The summed E-state index contributed by atoms with van der Waals surface area (Å²) in [7, 11) is 1.55. The molecular weight excluding hydrogens is 390 g/mol. The smallest absolute Gasteiger partial charge is 0.331 e. The number of hydrogen-bond acceptors (Lipinski definition) is 9. The van der Waals surface area contributed by atoms with Crippen LogP contribution >= 0.6 is 12.2 Å². The molecule has 4 rings (SSSR count). The molecule has 1 aliphatic rings. The summed E-state index contributed by atoms with van der Waals surface area (Å²) in [5.74, 6) is 0.658. The predicted molar refractivity (Wildman–Crippen MR) is 98.5 cm³/mol. The van der Waals surface area contributed by atoms with Crippen LogP contribution in [0.2, 0.25) is 0 Å². The molecule has 0 saturated carbocycles. The number of nitrogens with one attached hydrogen (secondary N) is 1. The van der Waals surface area contributed by atoms with Gasteiger partial charge >= 0.3 is 5.69 Å². The lowest BCUT2D eigenvalue weighted by atomic mass is 10.1. The van der Waals surface area contributed by atoms with Gasteiger partial charge in [0.1, 0.15) is 39.8 Å². The number of aromatic amines is 1. The number of aromatic nitrogens is 3. The first kappa shape index (κ1) is 18.8. The molecule has 0 aliphatic carbocycles. The first-order valence-electron chi connectivity index (χ1n) is 8.37. The van der Waals surface area contributed by atoms with Crippen molar-refractivity contribution in [3.8, 4) is 17.0 Å². The Morgan fingerprint density at radius 1 is 1.29 bits per heavy atom. The molecule has 148 valence electrons. The Morgan fingerprint density at radius 2 is 2.00 bits per heavy atom. The van der Waals surface area contributed by atoms with E-state index < -0.39 is 36.8 Å². The van der Waals surface area contributed by atoms with Gasteiger partial charge in [-0.05, 0) is 24.3 Å². The summed E-state index contributed by atoms with van der Waals surface area (Å²) in [6, 6.07) is 6.99. The van der Waals surface area contributed by atoms with Gasteiger partial charge < -0.3 is 29.3 Å². The maximum atomic E-state index is 12.5. The van der Waals surface area contributed by atoms with Crippen LogP contribution in [0.25, 0.3) is 22.4 Å². The van der Waals surface area contributed by atoms with Crippen molar-refractivity contribution in [1.29, 1.82) is 0 Å². The highest BCUT2D eigenvalue weighted by Crippen LogP contribution is 2.34. The van der Waals surface area contributed by atoms with E-state index in [9.17, 15) is 20.1 Å². The zero-order chi connectivity index (χ0) is 20.0. The largest absolute Gasteiger partial charge is 0.497 e. The molecule has 3 aromatic rings. The van der Waals surface area contributed by atoms with Crippen molar-refractivity contribution in [1.82, 2.24) is 14.7 Å². The zero-order valence-electron chi connectivity index (χ0n) is 14.6. The van der Waals surface area contributed by atoms with Crippen LogP contribution in [0.1, 0.15) is 6.23 Å². The molecule has 0 unspecified atom stereocenters. The molecule has 1 saturated heterocycles. The number of rotatable bonds is 4. The van der Waals surface area contributed by atoms with Gasteiger partial charge in [-0.25, -0.2) is 9.36 Å². The van der Waals surface area contributed by atoms with Crippen molar-refractivity contribution in [3.05, 3.63) is 39.4 Å². The quantitative estimate of drug-likeness (QED) is 0.450. The minimum Gasteiger partial charge on any atom is -0.497 e. The lowest BCUT2D eigenvalue weighted by molar-refractivity contribution is -0.0541. The van der Waals surface area contributed by atoms with Crippen LogP contribution in [0.4, 0.5) is 0 Å². The summed E-state index contributed by atoms with van der Waals surface area (Å²) in [5.41, 5.74) is 0.337. The third kappa shape index (κ3) is 2.84. The fourth-order valence-corrected chi connectivity index (χ4v) is 3.50. The second kappa shape index (κ2) is 7.11. The number of fused-ring (bicyclic) bond motifs is 1. The molecular formula is C17H17N3O7S. The molecule has 4 N–H and O–H groups in total. The molecule has 1 aliphatic heterocycles. The van der Waals surface area contributed by atoms with Gasteiger partial charge in [0, 0.05) is 5.56 Å². The second-order valence-corrected chi connectivity index (χ2v) is 6.71. The van der Waals surface area contributed by atoms with Crippen LogP contribution in [0.15, 0.2) is 33.6 Å². The van der Waals surface area contributed by atoms with E-state index in [2.05, 4.69) is 10.1 Å². The molecule has 11 heteroatoms. The number of ether oxygens (including phenoxy) is 2. The second-order valence-electron chi connectivity index (χ2n) is 6.30. The summed E-state index contributed by atoms with van der Waals surface area (Å²) < 4.78 is 17.1. The Bertz CT molecular complexity index is 1120. The number of methoxy groups -OCH3 is 1. The van der Waals surface area contributed by atoms with Crippen molar-refractivity contribution in [2.75, 3.05) is 13.7 Å². The number of aliphatic hydroxyl groups is 3. The summed E-state index contributed by atoms with van der Waals surface area (Å²) in [6.45, 7) is -0.525. The molecule has 0 bridgehead atoms. The van der Waals surface area contributed by atoms with E-state index in [1.165, 1.54) is 0 Å². The highest BCUT2D eigenvalue weighted by atomic mass is 32.1. The standard InChI is InChI=1S/C17H17N3O7S/c1-25-8-4-2-7(3-5-8)11-10-14(28)18-17(24)20(15(10)27-19-11)16-13(23)12(22)9(6-21)26-16/h2-5,9,12-13,16,21-23H,6H2,1H3,(H,18,24,28)/t9-,12-,13-,16-/m1/s1. The fourth-order valence-electron chi connectivity index (χ4n) is 3.23. The number of nitrogens with zero attached hydrogens (tertiary/aromatic N) is 2. The van der Waals surface area contributed by atoms with Gasteiger partial charge in [0.2, 0.25) is 5.71 Å². The van der Waals surface area contributed by atoms with E-state index in [0.29, 0.717) is 22.4 Å². The van der Waals surface area contributed by atoms with E-state index >= 15 is 0 Å². The Morgan fingerprint density at radius 3 is 2.61 bits per heavy atom. The van der Waals surface area contributed by atoms with Crippen molar-refractivity contribution in [2.45, 2.75) is 24.5 Å². The number of hydrogen-bond donors (Lipinski definition) is 4. The van der Waals surface area contributed by atoms with E-state index in [1.54, 1.807) is 31.4 Å². The van der Waals surface area contributed by atoms with Crippen LogP contribution in [-0.2, 0) is 4.74 Å². The Hall–Kier alpha value is -2.57. The van der Waals surface area contributed by atoms with Gasteiger partial charge in [-0.1, -0.05) is 17.4 Å². The van der Waals surface area contributed by atoms with E-state index in [4.69, 9.17) is 26.2 Å². The first-order chi connectivity index (χ1) is 13.5. The normalized spacial score (nSPS) is 24.7. The Kier molecular flexibility index (Phi) is 4.77. The minimum absolute atomic E-state index is 0.0191. The highest BCUT2D eigenvalue weighted by Gasteiger charge is 2.45. The molecule has 1 fully saturated rings. The maximum absolute atomic E-state index is 12.5. The van der Waals surface area contributed by atoms with Gasteiger partial charge in [0.15, 0.2) is 6.23 Å². The minimum atomic E-state index is -1.46. The summed E-state index contributed by atoms with van der Waals surface area (Å²) in [5, 5.41) is 33.9. The van der Waals surface area contributed by atoms with Crippen LogP contribution < -0.4 is 10.4 Å². The van der Waals surface area contributed by atoms with E-state index in [1.807, 2.05) is 0 Å². The molecule has 28 heavy (non-hydrogen) atoms. The zero-order valence-corrected chi connectivity index (χ0v) is 15.4. The first-order valence-corrected chi connectivity index (χ1v) is 8.78. The number of H-pyrrole nitrogens is 1. The van der Waals surface area contributed by atoms with Gasteiger partial charge in [-0.3, -0.25) is 4.98 Å². The summed E-state index contributed by atoms with van der Waals surface area (Å²) in [4.78, 5) is 15.0. The Balaban J connectivity index is 1.89. The van der Waals surface area contributed by atoms with Crippen LogP contribution in [0, 0.1) is 4.64 Å². The van der Waals surface area contributed by atoms with Crippen molar-refractivity contribution in [2.24, 2.45) is 0 Å². The van der Waals surface area contributed by atoms with Crippen molar-refractivity contribution >= 4 is 23.3 Å². The highest BCUT2D eigenvalue weighted by molar-refractivity contribution is 7.71. The SMILES string of the molecule is COc1ccc(-c2noc3c2c(=S)[nH]c(=O)n3[C@@H]2O[C@H](CO)[C@@H](O)[C@H]2O)cc1. The van der Waals surface area contributed by atoms with Gasteiger partial charge in [0.05, 0.1) is 13.7 Å². The number of benzene rings is 1. The molecule has 0 radical (unpaired) electrons. The maximum Gasteiger partial charge on any atom is 0.331 e. The lowest BCUT2D eigenvalue weighted by Crippen LogP contribution is -2.36. The monoisotopic (exact) mass is 407 g/mol. The molecule has 4 atom stereocenters. The summed E-state index contributed by atoms with van der Waals surface area (Å²) >= 11 is 5.28. The predicted octanol–water partition coefficient (Wildman–Crippen LogP) is 0.334. The third-order valence-electron chi connectivity index (χ3n) is 4.69. The molecule has 0 spiro atoms. The van der Waals surface area contributed by atoms with Crippen LogP contribution in [0.3, 0.4) is 0 Å². The van der Waals surface area contributed by atoms with Crippen LogP contribution in [-0.4, -0.2) is 62.1 Å². The fraction of sp³-hybridized carbons (Fsp3) is 0.353. The van der Waals surface area contributed by atoms with Crippen molar-refractivity contribution < 1.29 is 29.3 Å².